The van der Waals surface area contributed by atoms with Crippen LogP contribution in [0.5, 0.6) is 0 Å². The molecule has 1 aromatic heterocycles. The number of hydrogen-bond acceptors (Lipinski definition) is 2. The molecule has 0 atom stereocenters. The highest BCUT2D eigenvalue weighted by Gasteiger charge is 2.15. The minimum absolute atomic E-state index is 0.150. The Bertz CT molecular complexity index is 1130. The van der Waals surface area contributed by atoms with Crippen molar-refractivity contribution in [2.45, 2.75) is 0 Å². The zero-order valence-electron chi connectivity index (χ0n) is 13.9. The number of carbonyl (C=O) groups excluding carboxylic acids is 1. The lowest BCUT2D eigenvalue weighted by molar-refractivity contribution is 0.102. The van der Waals surface area contributed by atoms with Crippen LogP contribution in [0.2, 0.25) is 0 Å². The van der Waals surface area contributed by atoms with E-state index < -0.39 is 0 Å². The van der Waals surface area contributed by atoms with Crippen LogP contribution in [0.1, 0.15) is 10.4 Å². The number of anilines is 1. The van der Waals surface area contributed by atoms with E-state index >= 15 is 0 Å². The van der Waals surface area contributed by atoms with Gasteiger partial charge in [-0.25, -0.2) is 0 Å². The second-order valence-electron chi connectivity index (χ2n) is 5.92. The lowest BCUT2D eigenvalue weighted by atomic mass is 10.1. The summed E-state index contributed by atoms with van der Waals surface area (Å²) in [4.78, 5) is 25.8. The van der Waals surface area contributed by atoms with Gasteiger partial charge in [-0.2, -0.15) is 0 Å². The molecule has 126 valence electrons. The van der Waals surface area contributed by atoms with Gasteiger partial charge in [-0.05, 0) is 30.3 Å². The maximum absolute atomic E-state index is 12.9. The average Bonchev–Trinajstić information content (AvgIpc) is 2.70. The zero-order chi connectivity index (χ0) is 17.9. The molecule has 4 aromatic rings. The molecule has 4 nitrogen and oxygen atoms in total. The molecule has 1 amide bonds. The summed E-state index contributed by atoms with van der Waals surface area (Å²) in [6.45, 7) is 0. The SMILES string of the molecule is O=C(Nc1ccccc1)c1cn(-c2ccccc2)c(=O)c2ccccc12. The van der Waals surface area contributed by atoms with Gasteiger partial charge in [-0.1, -0.05) is 54.6 Å². The summed E-state index contributed by atoms with van der Waals surface area (Å²) in [6, 6.07) is 25.7. The minimum Gasteiger partial charge on any atom is -0.322 e. The highest BCUT2D eigenvalue weighted by Crippen LogP contribution is 2.19. The predicted molar refractivity (Wildman–Crippen MR) is 104 cm³/mol. The van der Waals surface area contributed by atoms with Crippen LogP contribution in [0.4, 0.5) is 5.69 Å². The molecule has 26 heavy (non-hydrogen) atoms. The van der Waals surface area contributed by atoms with Crippen LogP contribution in [0.15, 0.2) is 95.9 Å². The van der Waals surface area contributed by atoms with Crippen molar-refractivity contribution < 1.29 is 4.79 Å². The Morgan fingerprint density at radius 1 is 0.731 bits per heavy atom. The molecule has 0 aliphatic carbocycles. The van der Waals surface area contributed by atoms with Gasteiger partial charge in [-0.3, -0.25) is 14.2 Å². The van der Waals surface area contributed by atoms with Gasteiger partial charge in [0, 0.05) is 28.3 Å². The van der Waals surface area contributed by atoms with E-state index in [0.717, 1.165) is 5.69 Å². The smallest absolute Gasteiger partial charge is 0.262 e. The number of carbonyl (C=O) groups is 1. The number of fused-ring (bicyclic) bond motifs is 1. The van der Waals surface area contributed by atoms with Gasteiger partial charge < -0.3 is 5.32 Å². The first-order valence-electron chi connectivity index (χ1n) is 8.30. The Hall–Kier alpha value is -3.66. The average molecular weight is 340 g/mol. The molecule has 0 fully saturated rings. The molecule has 0 radical (unpaired) electrons. The van der Waals surface area contributed by atoms with Crippen molar-refractivity contribution in [2.24, 2.45) is 0 Å². The number of pyridine rings is 1. The lowest BCUT2D eigenvalue weighted by Crippen LogP contribution is -2.22. The molecule has 1 N–H and O–H groups in total. The van der Waals surface area contributed by atoms with E-state index in [2.05, 4.69) is 5.32 Å². The fraction of sp³-hybridized carbons (Fsp3) is 0. The Balaban J connectivity index is 1.90. The topological polar surface area (TPSA) is 51.1 Å². The van der Waals surface area contributed by atoms with Crippen LogP contribution in [0.25, 0.3) is 16.5 Å². The minimum atomic E-state index is -0.253. The van der Waals surface area contributed by atoms with Crippen molar-refractivity contribution in [3.05, 3.63) is 107 Å². The molecule has 0 unspecified atom stereocenters. The predicted octanol–water partition coefficient (Wildman–Crippen LogP) is 4.24. The third kappa shape index (κ3) is 2.89. The quantitative estimate of drug-likeness (QED) is 0.606. The van der Waals surface area contributed by atoms with Crippen LogP contribution in [0, 0.1) is 0 Å². The van der Waals surface area contributed by atoms with Crippen LogP contribution >= 0.6 is 0 Å². The summed E-state index contributed by atoms with van der Waals surface area (Å²) in [6.07, 6.45) is 1.61. The zero-order valence-corrected chi connectivity index (χ0v) is 13.9. The van der Waals surface area contributed by atoms with E-state index in [4.69, 9.17) is 0 Å². The Morgan fingerprint density at radius 3 is 2.00 bits per heavy atom. The Labute approximate surface area is 150 Å². The summed E-state index contributed by atoms with van der Waals surface area (Å²) in [5, 5.41) is 4.04. The van der Waals surface area contributed by atoms with Gasteiger partial charge >= 0.3 is 0 Å². The van der Waals surface area contributed by atoms with Crippen LogP contribution in [-0.2, 0) is 0 Å². The van der Waals surface area contributed by atoms with E-state index in [1.54, 1.807) is 24.4 Å². The number of amides is 1. The van der Waals surface area contributed by atoms with Gasteiger partial charge in [0.05, 0.1) is 5.56 Å². The van der Waals surface area contributed by atoms with Crippen molar-refractivity contribution >= 4 is 22.4 Å². The highest BCUT2D eigenvalue weighted by atomic mass is 16.2. The van der Waals surface area contributed by atoms with Gasteiger partial charge in [-0.15, -0.1) is 0 Å². The molecule has 0 aliphatic heterocycles. The number of aromatic nitrogens is 1. The van der Waals surface area contributed by atoms with E-state index in [9.17, 15) is 9.59 Å². The maximum atomic E-state index is 12.9. The maximum Gasteiger partial charge on any atom is 0.262 e. The highest BCUT2D eigenvalue weighted by molar-refractivity contribution is 6.12. The Kier molecular flexibility index (Phi) is 4.07. The normalized spacial score (nSPS) is 10.6. The number of para-hydroxylation sites is 2. The first-order valence-corrected chi connectivity index (χ1v) is 8.30. The number of nitrogens with zero attached hydrogens (tertiary/aromatic N) is 1. The first kappa shape index (κ1) is 15.8. The number of benzene rings is 3. The third-order valence-electron chi connectivity index (χ3n) is 4.24. The summed E-state index contributed by atoms with van der Waals surface area (Å²) >= 11 is 0. The van der Waals surface area contributed by atoms with Crippen LogP contribution in [0.3, 0.4) is 0 Å². The van der Waals surface area contributed by atoms with Crippen molar-refractivity contribution in [3.63, 3.8) is 0 Å². The van der Waals surface area contributed by atoms with Crippen LogP contribution < -0.4 is 10.9 Å². The van der Waals surface area contributed by atoms with Crippen molar-refractivity contribution in [1.29, 1.82) is 0 Å². The Morgan fingerprint density at radius 2 is 1.31 bits per heavy atom. The molecule has 4 rings (SSSR count). The van der Waals surface area contributed by atoms with Crippen molar-refractivity contribution in [1.82, 2.24) is 4.57 Å². The fourth-order valence-electron chi connectivity index (χ4n) is 2.97. The number of nitrogens with one attached hydrogen (secondary N) is 1. The molecule has 1 heterocycles. The molecule has 3 aromatic carbocycles. The molecular weight excluding hydrogens is 324 g/mol. The second kappa shape index (κ2) is 6.69. The molecule has 0 saturated heterocycles. The summed E-state index contributed by atoms with van der Waals surface area (Å²) < 4.78 is 1.52. The molecular formula is C22H16N2O2. The van der Waals surface area contributed by atoms with E-state index in [-0.39, 0.29) is 11.5 Å². The third-order valence-corrected chi connectivity index (χ3v) is 4.24. The standard InChI is InChI=1S/C22H16N2O2/c25-21(23-16-9-3-1-4-10-16)20-15-24(17-11-5-2-6-12-17)22(26)19-14-8-7-13-18(19)20/h1-15H,(H,23,25). The molecule has 4 heteroatoms. The molecule has 0 bridgehead atoms. The number of rotatable bonds is 3. The monoisotopic (exact) mass is 340 g/mol. The van der Waals surface area contributed by atoms with Crippen molar-refractivity contribution in [3.8, 4) is 5.69 Å². The largest absolute Gasteiger partial charge is 0.322 e. The fourth-order valence-corrected chi connectivity index (χ4v) is 2.97. The first-order chi connectivity index (χ1) is 12.7. The number of hydrogen-bond donors (Lipinski definition) is 1. The van der Waals surface area contributed by atoms with Gasteiger partial charge in [0.1, 0.15) is 0 Å². The van der Waals surface area contributed by atoms with Crippen LogP contribution in [-0.4, -0.2) is 10.5 Å². The summed E-state index contributed by atoms with van der Waals surface area (Å²) in [5.41, 5.74) is 1.73. The molecule has 0 aliphatic rings. The lowest BCUT2D eigenvalue weighted by Gasteiger charge is -2.12. The van der Waals surface area contributed by atoms with Gasteiger partial charge in [0.2, 0.25) is 0 Å². The van der Waals surface area contributed by atoms with E-state index in [1.807, 2.05) is 66.7 Å². The second-order valence-corrected chi connectivity index (χ2v) is 5.92. The molecule has 0 saturated carbocycles. The van der Waals surface area contributed by atoms with E-state index in [1.165, 1.54) is 4.57 Å². The summed E-state index contributed by atoms with van der Waals surface area (Å²) in [5.74, 6) is -0.253. The van der Waals surface area contributed by atoms with Gasteiger partial charge in [0.25, 0.3) is 11.5 Å². The summed E-state index contributed by atoms with van der Waals surface area (Å²) in [7, 11) is 0. The molecule has 0 spiro atoms. The van der Waals surface area contributed by atoms with Crippen molar-refractivity contribution in [2.75, 3.05) is 5.32 Å². The van der Waals surface area contributed by atoms with Gasteiger partial charge in [0.15, 0.2) is 0 Å². The van der Waals surface area contributed by atoms with E-state index in [0.29, 0.717) is 22.0 Å².